The first-order chi connectivity index (χ1) is 12.6. The summed E-state index contributed by atoms with van der Waals surface area (Å²) in [4.78, 5) is 18.8. The minimum atomic E-state index is -0.179. The summed E-state index contributed by atoms with van der Waals surface area (Å²) in [6.45, 7) is 4.66. The molecule has 0 radical (unpaired) electrons. The molecule has 0 unspecified atom stereocenters. The van der Waals surface area contributed by atoms with Gasteiger partial charge in [0.1, 0.15) is 5.75 Å². The topological polar surface area (TPSA) is 77.7 Å². The maximum absolute atomic E-state index is 11.8. The molecule has 3 rings (SSSR count). The molecule has 0 fully saturated rings. The molecule has 0 bridgehead atoms. The molecule has 1 aromatic carbocycles. The van der Waals surface area contributed by atoms with Crippen LogP contribution in [0.4, 0.5) is 0 Å². The lowest BCUT2D eigenvalue weighted by Gasteiger charge is -2.09. The number of hydrogen-bond donors (Lipinski definition) is 1. The van der Waals surface area contributed by atoms with E-state index in [0.29, 0.717) is 12.4 Å². The molecule has 0 aliphatic rings. The molecule has 2 heterocycles. The highest BCUT2D eigenvalue weighted by Crippen LogP contribution is 2.25. The van der Waals surface area contributed by atoms with Gasteiger partial charge < -0.3 is 9.30 Å². The van der Waals surface area contributed by atoms with Gasteiger partial charge >= 0.3 is 5.69 Å². The summed E-state index contributed by atoms with van der Waals surface area (Å²) < 4.78 is 8.90. The third-order valence-corrected chi connectivity index (χ3v) is 4.05. The van der Waals surface area contributed by atoms with Gasteiger partial charge in [-0.15, -0.1) is 0 Å². The van der Waals surface area contributed by atoms with Crippen LogP contribution in [-0.2, 0) is 6.54 Å². The van der Waals surface area contributed by atoms with Crippen molar-refractivity contribution in [2.24, 2.45) is 0 Å². The highest BCUT2D eigenvalue weighted by Gasteiger charge is 2.07. The molecule has 0 spiro atoms. The number of aryl methyl sites for hydroxylation is 2. The van der Waals surface area contributed by atoms with Gasteiger partial charge in [-0.05, 0) is 37.1 Å². The van der Waals surface area contributed by atoms with E-state index in [1.165, 1.54) is 4.68 Å². The Morgan fingerprint density at radius 2 is 2.15 bits per heavy atom. The van der Waals surface area contributed by atoms with Gasteiger partial charge in [-0.3, -0.25) is 4.98 Å². The number of unbranched alkanes of at least 4 members (excludes halogenated alkanes) is 1. The number of H-pyrrole nitrogens is 1. The quantitative estimate of drug-likeness (QED) is 0.708. The molecule has 0 amide bonds. The van der Waals surface area contributed by atoms with Crippen molar-refractivity contribution in [1.82, 2.24) is 24.3 Å². The van der Waals surface area contributed by atoms with Crippen LogP contribution in [-0.4, -0.2) is 31.4 Å². The van der Waals surface area contributed by atoms with Crippen LogP contribution >= 0.6 is 0 Å². The fourth-order valence-corrected chi connectivity index (χ4v) is 2.65. The van der Waals surface area contributed by atoms with Crippen molar-refractivity contribution in [2.45, 2.75) is 33.2 Å². The van der Waals surface area contributed by atoms with Crippen molar-refractivity contribution in [3.05, 3.63) is 58.3 Å². The predicted octanol–water partition coefficient (Wildman–Crippen LogP) is 3.04. The Hall–Kier alpha value is -3.09. The second-order valence-corrected chi connectivity index (χ2v) is 6.08. The Kier molecular flexibility index (Phi) is 5.36. The zero-order valence-corrected chi connectivity index (χ0v) is 15.3. The van der Waals surface area contributed by atoms with Crippen LogP contribution in [0.15, 0.2) is 35.5 Å². The summed E-state index contributed by atoms with van der Waals surface area (Å²) in [5, 5.41) is 4.29. The number of methoxy groups -OCH3 is 1. The molecular weight excluding hydrogens is 330 g/mol. The van der Waals surface area contributed by atoms with E-state index in [4.69, 9.17) is 4.74 Å². The summed E-state index contributed by atoms with van der Waals surface area (Å²) in [5.41, 5.74) is 2.63. The molecule has 0 aliphatic carbocycles. The molecule has 7 heteroatoms. The van der Waals surface area contributed by atoms with E-state index in [0.717, 1.165) is 35.5 Å². The van der Waals surface area contributed by atoms with E-state index in [9.17, 15) is 4.79 Å². The molecule has 136 valence electrons. The number of aromatic amines is 1. The standard InChI is InChI=1S/C19H23N5O2/c1-4-5-10-24-19(25)21-18(22-24)9-7-15-6-8-16(17(11-15)26-3)23-12-14(2)20-13-23/h6-9,11-13H,4-5,10H2,1-3H3,(H,21,22,25)/b9-7+. The van der Waals surface area contributed by atoms with Crippen molar-refractivity contribution >= 4 is 12.2 Å². The normalized spacial score (nSPS) is 11.3. The fourth-order valence-electron chi connectivity index (χ4n) is 2.65. The number of benzene rings is 1. The zero-order valence-electron chi connectivity index (χ0n) is 15.3. The molecule has 0 saturated heterocycles. The van der Waals surface area contributed by atoms with Gasteiger partial charge in [0.15, 0.2) is 5.82 Å². The summed E-state index contributed by atoms with van der Waals surface area (Å²) in [6.07, 6.45) is 9.35. The molecule has 26 heavy (non-hydrogen) atoms. The van der Waals surface area contributed by atoms with Gasteiger partial charge in [0.05, 0.1) is 24.8 Å². The molecule has 3 aromatic rings. The third-order valence-electron chi connectivity index (χ3n) is 4.05. The van der Waals surface area contributed by atoms with Crippen molar-refractivity contribution in [2.75, 3.05) is 7.11 Å². The maximum atomic E-state index is 11.8. The Bertz CT molecular complexity index is 964. The van der Waals surface area contributed by atoms with Gasteiger partial charge in [0.25, 0.3) is 0 Å². The lowest BCUT2D eigenvalue weighted by Crippen LogP contribution is -2.17. The summed E-state index contributed by atoms with van der Waals surface area (Å²) in [7, 11) is 1.64. The minimum absolute atomic E-state index is 0.179. The number of rotatable bonds is 7. The largest absolute Gasteiger partial charge is 0.495 e. The molecular formula is C19H23N5O2. The van der Waals surface area contributed by atoms with E-state index in [2.05, 4.69) is 22.0 Å². The number of nitrogens with zero attached hydrogens (tertiary/aromatic N) is 4. The van der Waals surface area contributed by atoms with Gasteiger partial charge in [0.2, 0.25) is 0 Å². The molecule has 2 aromatic heterocycles. The Morgan fingerprint density at radius 1 is 1.31 bits per heavy atom. The Balaban J connectivity index is 1.82. The zero-order chi connectivity index (χ0) is 18.5. The monoisotopic (exact) mass is 353 g/mol. The van der Waals surface area contributed by atoms with Crippen LogP contribution in [0.1, 0.15) is 36.8 Å². The highest BCUT2D eigenvalue weighted by molar-refractivity contribution is 5.68. The summed E-state index contributed by atoms with van der Waals surface area (Å²) >= 11 is 0. The lowest BCUT2D eigenvalue weighted by molar-refractivity contribution is 0.413. The van der Waals surface area contributed by atoms with E-state index in [-0.39, 0.29) is 5.69 Å². The van der Waals surface area contributed by atoms with Gasteiger partial charge in [-0.2, -0.15) is 5.10 Å². The van der Waals surface area contributed by atoms with E-state index in [1.807, 2.05) is 42.0 Å². The van der Waals surface area contributed by atoms with Crippen LogP contribution in [0.25, 0.3) is 17.8 Å². The van der Waals surface area contributed by atoms with Crippen LogP contribution in [0.5, 0.6) is 5.75 Å². The second kappa shape index (κ2) is 7.86. The average molecular weight is 353 g/mol. The van der Waals surface area contributed by atoms with Gasteiger partial charge in [-0.25, -0.2) is 14.5 Å². The maximum Gasteiger partial charge on any atom is 0.343 e. The molecule has 0 aliphatic heterocycles. The highest BCUT2D eigenvalue weighted by atomic mass is 16.5. The van der Waals surface area contributed by atoms with Crippen molar-refractivity contribution < 1.29 is 4.74 Å². The first-order valence-electron chi connectivity index (χ1n) is 8.65. The van der Waals surface area contributed by atoms with E-state index < -0.39 is 0 Å². The predicted molar refractivity (Wildman–Crippen MR) is 102 cm³/mol. The third kappa shape index (κ3) is 3.93. The Morgan fingerprint density at radius 3 is 2.85 bits per heavy atom. The van der Waals surface area contributed by atoms with Crippen LogP contribution in [0.2, 0.25) is 0 Å². The van der Waals surface area contributed by atoms with Gasteiger partial charge in [0, 0.05) is 12.7 Å². The number of imidazole rings is 1. The van der Waals surface area contributed by atoms with Crippen molar-refractivity contribution in [1.29, 1.82) is 0 Å². The van der Waals surface area contributed by atoms with E-state index in [1.54, 1.807) is 19.5 Å². The van der Waals surface area contributed by atoms with Crippen molar-refractivity contribution in [3.8, 4) is 11.4 Å². The smallest absolute Gasteiger partial charge is 0.343 e. The molecule has 1 N–H and O–H groups in total. The first kappa shape index (κ1) is 17.7. The minimum Gasteiger partial charge on any atom is -0.495 e. The second-order valence-electron chi connectivity index (χ2n) is 6.08. The number of nitrogens with one attached hydrogen (secondary N) is 1. The SMILES string of the molecule is CCCCn1nc(/C=C/c2ccc(-n3cnc(C)c3)c(OC)c2)[nH]c1=O. The Labute approximate surface area is 152 Å². The van der Waals surface area contributed by atoms with Gasteiger partial charge in [-0.1, -0.05) is 25.5 Å². The van der Waals surface area contributed by atoms with Crippen LogP contribution in [0, 0.1) is 6.92 Å². The first-order valence-corrected chi connectivity index (χ1v) is 8.65. The molecule has 0 atom stereocenters. The summed E-state index contributed by atoms with van der Waals surface area (Å²) in [5.74, 6) is 1.28. The fraction of sp³-hybridized carbons (Fsp3) is 0.316. The number of hydrogen-bond acceptors (Lipinski definition) is 4. The number of aromatic nitrogens is 5. The van der Waals surface area contributed by atoms with E-state index >= 15 is 0 Å². The molecule has 7 nitrogen and oxygen atoms in total. The van der Waals surface area contributed by atoms with Crippen molar-refractivity contribution in [3.63, 3.8) is 0 Å². The molecule has 0 saturated carbocycles. The van der Waals surface area contributed by atoms with Crippen LogP contribution < -0.4 is 10.4 Å². The number of ether oxygens (including phenoxy) is 1. The average Bonchev–Trinajstić information content (AvgIpc) is 3.23. The summed E-state index contributed by atoms with van der Waals surface area (Å²) in [6, 6.07) is 5.89. The van der Waals surface area contributed by atoms with Crippen LogP contribution in [0.3, 0.4) is 0 Å². The lowest BCUT2D eigenvalue weighted by atomic mass is 10.1.